The number of hydrogen-bond donors (Lipinski definition) is 0. The number of benzene rings is 3. The van der Waals surface area contributed by atoms with Crippen molar-refractivity contribution >= 4 is 73.3 Å². The van der Waals surface area contributed by atoms with Gasteiger partial charge in [-0.05, 0) is 94.5 Å². The van der Waals surface area contributed by atoms with E-state index in [2.05, 4.69) is 72.2 Å². The molecule has 1 saturated carbocycles. The summed E-state index contributed by atoms with van der Waals surface area (Å²) in [5, 5.41) is 5.53. The van der Waals surface area contributed by atoms with Crippen LogP contribution in [0, 0.1) is 0 Å². The van der Waals surface area contributed by atoms with Gasteiger partial charge in [-0.1, -0.05) is 40.5 Å². The number of fused-ring (bicyclic) bond motifs is 3. The molecule has 0 spiro atoms. The van der Waals surface area contributed by atoms with E-state index in [1.807, 2.05) is 24.3 Å². The van der Waals surface area contributed by atoms with E-state index >= 15 is 0 Å². The Hall–Kier alpha value is -3.23. The normalized spacial score (nSPS) is 21.6. The number of para-hydroxylation sites is 1. The molecule has 2 unspecified atom stereocenters. The lowest BCUT2D eigenvalue weighted by Crippen LogP contribution is -2.26. The van der Waals surface area contributed by atoms with Crippen molar-refractivity contribution in [2.45, 2.75) is 31.2 Å². The predicted molar refractivity (Wildman–Crippen MR) is 147 cm³/mol. The molecule has 1 amide bonds. The summed E-state index contributed by atoms with van der Waals surface area (Å²) < 4.78 is 7.12. The molecule has 36 heavy (non-hydrogen) atoms. The van der Waals surface area contributed by atoms with Crippen LogP contribution in [0.4, 0.5) is 17.1 Å². The van der Waals surface area contributed by atoms with Gasteiger partial charge in [0.1, 0.15) is 5.57 Å². The lowest BCUT2D eigenvalue weighted by atomic mass is 9.95. The summed E-state index contributed by atoms with van der Waals surface area (Å²) in [6.07, 6.45) is 5.19. The van der Waals surface area contributed by atoms with Crippen molar-refractivity contribution in [3.63, 3.8) is 0 Å². The van der Waals surface area contributed by atoms with Gasteiger partial charge in [-0.2, -0.15) is 5.01 Å². The second kappa shape index (κ2) is 9.33. The Kier molecular flexibility index (Phi) is 6.01. The number of halogens is 2. The molecule has 3 aromatic rings. The highest BCUT2D eigenvalue weighted by molar-refractivity contribution is 9.10. The molecule has 2 heterocycles. The highest BCUT2D eigenvalue weighted by Crippen LogP contribution is 2.55. The van der Waals surface area contributed by atoms with E-state index in [9.17, 15) is 9.59 Å². The van der Waals surface area contributed by atoms with Gasteiger partial charge in [-0.3, -0.25) is 9.59 Å². The number of carbonyl (C=O) groups excluding carboxylic acids is 2. The highest BCUT2D eigenvalue weighted by Gasteiger charge is 2.43. The van der Waals surface area contributed by atoms with Crippen molar-refractivity contribution in [2.75, 3.05) is 9.91 Å². The Bertz CT molecular complexity index is 1420. The van der Waals surface area contributed by atoms with Gasteiger partial charge >= 0.3 is 0 Å². The van der Waals surface area contributed by atoms with Gasteiger partial charge in [-0.25, -0.2) is 0 Å². The molecule has 0 N–H and O–H groups in total. The first-order valence-electron chi connectivity index (χ1n) is 11.7. The molecule has 0 radical (unpaired) electrons. The minimum Gasteiger partial charge on any atom is -0.407 e. The number of hydrazone groups is 1. The Morgan fingerprint density at radius 1 is 0.972 bits per heavy atom. The molecule has 2 aliphatic heterocycles. The maximum absolute atomic E-state index is 13.3. The molecule has 3 aliphatic rings. The molecule has 0 bridgehead atoms. The first-order chi connectivity index (χ1) is 17.5. The van der Waals surface area contributed by atoms with Gasteiger partial charge in [0, 0.05) is 26.6 Å². The van der Waals surface area contributed by atoms with E-state index in [-0.39, 0.29) is 17.4 Å². The molecule has 3 aromatic carbocycles. The average molecular weight is 607 g/mol. The smallest absolute Gasteiger partial charge is 0.299 e. The van der Waals surface area contributed by atoms with E-state index < -0.39 is 0 Å². The van der Waals surface area contributed by atoms with E-state index in [1.54, 1.807) is 18.2 Å². The van der Waals surface area contributed by atoms with Crippen molar-refractivity contribution in [1.29, 1.82) is 0 Å². The molecule has 8 heteroatoms. The number of carbonyl (C=O) groups is 2. The average Bonchev–Trinajstić information content (AvgIpc) is 3.56. The Labute approximate surface area is 225 Å². The van der Waals surface area contributed by atoms with Crippen molar-refractivity contribution in [3.05, 3.63) is 92.4 Å². The van der Waals surface area contributed by atoms with E-state index in [4.69, 9.17) is 4.74 Å². The number of hydrogen-bond acceptors (Lipinski definition) is 5. The lowest BCUT2D eigenvalue weighted by Gasteiger charge is -2.28. The summed E-state index contributed by atoms with van der Waals surface area (Å²) >= 11 is 7.37. The summed E-state index contributed by atoms with van der Waals surface area (Å²) in [6.45, 7) is 0.298. The summed E-state index contributed by atoms with van der Waals surface area (Å²) in [5.74, 6) is 0.0633. The Morgan fingerprint density at radius 3 is 2.50 bits per heavy atom. The van der Waals surface area contributed by atoms with Gasteiger partial charge in [0.05, 0.1) is 11.4 Å². The van der Waals surface area contributed by atoms with Crippen LogP contribution in [0.5, 0.6) is 0 Å². The third kappa shape index (κ3) is 3.89. The van der Waals surface area contributed by atoms with E-state index in [0.717, 1.165) is 27.4 Å². The topological polar surface area (TPSA) is 62.2 Å². The van der Waals surface area contributed by atoms with Crippen molar-refractivity contribution in [1.82, 2.24) is 0 Å². The molecular weight excluding hydrogens is 586 g/mol. The molecular formula is C28H21Br2N3O3. The first kappa shape index (κ1) is 23.2. The Balaban J connectivity index is 1.41. The van der Waals surface area contributed by atoms with Gasteiger partial charge in [0.25, 0.3) is 18.3 Å². The van der Waals surface area contributed by atoms with Crippen molar-refractivity contribution in [3.8, 4) is 0 Å². The monoisotopic (exact) mass is 605 g/mol. The molecule has 1 aliphatic carbocycles. The minimum atomic E-state index is -0.343. The number of amides is 1. The number of ether oxygens (including phenoxy) is 1. The van der Waals surface area contributed by atoms with Crippen molar-refractivity contribution < 1.29 is 14.3 Å². The fourth-order valence-corrected chi connectivity index (χ4v) is 6.47. The zero-order valence-corrected chi connectivity index (χ0v) is 22.3. The maximum Gasteiger partial charge on any atom is 0.299 e. The maximum atomic E-state index is 13.3. The minimum absolute atomic E-state index is 0.00861. The van der Waals surface area contributed by atoms with E-state index in [0.29, 0.717) is 24.1 Å². The molecule has 0 saturated heterocycles. The molecule has 0 aromatic heterocycles. The molecule has 1 fully saturated rings. The SMILES string of the molecule is O=COC1=NN(c2ccccc2)C(=O)C1=Cc1cc(Br)c2c(c1)C1CCCC1N2c1ccc(Br)cc1. The van der Waals surface area contributed by atoms with Crippen LogP contribution >= 0.6 is 31.9 Å². The fraction of sp³-hybridized carbons (Fsp3) is 0.179. The van der Waals surface area contributed by atoms with Gasteiger partial charge in [-0.15, -0.1) is 5.10 Å². The molecule has 180 valence electrons. The van der Waals surface area contributed by atoms with Crippen LogP contribution in [0.15, 0.2) is 86.3 Å². The van der Waals surface area contributed by atoms with Crippen LogP contribution in [-0.2, 0) is 14.3 Å². The second-order valence-corrected chi connectivity index (χ2v) is 10.8. The second-order valence-electron chi connectivity index (χ2n) is 9.02. The zero-order valence-electron chi connectivity index (χ0n) is 19.1. The highest BCUT2D eigenvalue weighted by atomic mass is 79.9. The number of rotatable bonds is 4. The number of anilines is 3. The largest absolute Gasteiger partial charge is 0.407 e. The van der Waals surface area contributed by atoms with Gasteiger partial charge in [0.15, 0.2) is 0 Å². The van der Waals surface area contributed by atoms with Gasteiger partial charge in [0.2, 0.25) is 0 Å². The summed E-state index contributed by atoms with van der Waals surface area (Å²) in [6, 6.07) is 22.1. The van der Waals surface area contributed by atoms with Gasteiger partial charge < -0.3 is 9.64 Å². The molecule has 6 rings (SSSR count). The van der Waals surface area contributed by atoms with Crippen LogP contribution in [0.3, 0.4) is 0 Å². The van der Waals surface area contributed by atoms with Crippen LogP contribution in [0.25, 0.3) is 6.08 Å². The van der Waals surface area contributed by atoms with Crippen LogP contribution in [-0.4, -0.2) is 24.3 Å². The lowest BCUT2D eigenvalue weighted by molar-refractivity contribution is -0.121. The fourth-order valence-electron chi connectivity index (χ4n) is 5.53. The third-order valence-corrected chi connectivity index (χ3v) is 8.12. The summed E-state index contributed by atoms with van der Waals surface area (Å²) in [5.41, 5.74) is 5.30. The Morgan fingerprint density at radius 2 is 1.75 bits per heavy atom. The predicted octanol–water partition coefficient (Wildman–Crippen LogP) is 6.92. The summed E-state index contributed by atoms with van der Waals surface area (Å²) in [7, 11) is 0. The third-order valence-electron chi connectivity index (χ3n) is 6.99. The quantitative estimate of drug-likeness (QED) is 0.239. The van der Waals surface area contributed by atoms with Crippen LogP contribution in [0.1, 0.15) is 36.3 Å². The zero-order chi connectivity index (χ0) is 24.8. The van der Waals surface area contributed by atoms with Crippen LogP contribution < -0.4 is 9.91 Å². The molecule has 6 nitrogen and oxygen atoms in total. The van der Waals surface area contributed by atoms with Crippen LogP contribution in [0.2, 0.25) is 0 Å². The molecule has 2 atom stereocenters. The standard InChI is InChI=1S/C28H21Br2N3O3/c29-18-9-11-19(12-10-18)32-25-8-4-7-21(25)22-13-17(15-24(30)26(22)32)14-23-27(36-16-34)31-33(28(23)35)20-5-2-1-3-6-20/h1-3,5-6,9-16,21,25H,4,7-8H2. The number of nitrogens with zero attached hydrogens (tertiary/aromatic N) is 3. The first-order valence-corrected chi connectivity index (χ1v) is 13.3. The summed E-state index contributed by atoms with van der Waals surface area (Å²) in [4.78, 5) is 26.9. The van der Waals surface area contributed by atoms with Crippen molar-refractivity contribution in [2.24, 2.45) is 5.10 Å². The van der Waals surface area contributed by atoms with E-state index in [1.165, 1.54) is 28.4 Å².